The number of rotatable bonds is 8. The fourth-order valence-electron chi connectivity index (χ4n) is 2.36. The predicted octanol–water partition coefficient (Wildman–Crippen LogP) is 4.01. The molecule has 0 fully saturated rings. The minimum absolute atomic E-state index is 0.612. The lowest BCUT2D eigenvalue weighted by Crippen LogP contribution is -2.29. The monoisotopic (exact) mass is 344 g/mol. The highest BCUT2D eigenvalue weighted by molar-refractivity contribution is 7.80. The summed E-state index contributed by atoms with van der Waals surface area (Å²) in [5.74, 6) is 1.77. The first kappa shape index (κ1) is 18.1. The van der Waals surface area contributed by atoms with Crippen molar-refractivity contribution in [1.29, 1.82) is 0 Å². The highest BCUT2D eigenvalue weighted by Crippen LogP contribution is 2.19. The number of para-hydroxylation sites is 1. The van der Waals surface area contributed by atoms with Gasteiger partial charge in [0.1, 0.15) is 11.5 Å². The fourth-order valence-corrected chi connectivity index (χ4v) is 2.58. The number of anilines is 1. The summed E-state index contributed by atoms with van der Waals surface area (Å²) in [5, 5.41) is 7.00. The van der Waals surface area contributed by atoms with E-state index in [1.165, 1.54) is 5.56 Å². The van der Waals surface area contributed by atoms with Gasteiger partial charge in [0, 0.05) is 18.3 Å². The Morgan fingerprint density at radius 1 is 1.12 bits per heavy atom. The van der Waals surface area contributed by atoms with Crippen LogP contribution in [0.15, 0.2) is 48.5 Å². The average Bonchev–Trinajstić information content (AvgIpc) is 2.60. The van der Waals surface area contributed by atoms with E-state index in [1.54, 1.807) is 7.11 Å². The zero-order valence-electron chi connectivity index (χ0n) is 14.2. The van der Waals surface area contributed by atoms with Crippen molar-refractivity contribution in [3.8, 4) is 11.5 Å². The third-order valence-electron chi connectivity index (χ3n) is 3.51. The molecule has 4 nitrogen and oxygen atoms in total. The molecule has 2 aromatic carbocycles. The standard InChI is InChI=1S/C19H24N2O2S/c1-3-23-18-12-5-4-8-15(18)9-7-13-20-19(24)21-16-10-6-11-17(14-16)22-2/h4-6,8,10-12,14H,3,7,9,13H2,1-2H3,(H2,20,21,24). The molecule has 128 valence electrons. The fraction of sp³-hybridized carbons (Fsp3) is 0.316. The molecule has 2 aromatic rings. The lowest BCUT2D eigenvalue weighted by molar-refractivity contribution is 0.336. The lowest BCUT2D eigenvalue weighted by Gasteiger charge is -2.12. The van der Waals surface area contributed by atoms with Crippen LogP contribution in [0.3, 0.4) is 0 Å². The van der Waals surface area contributed by atoms with Crippen LogP contribution in [-0.2, 0) is 6.42 Å². The Bertz CT molecular complexity index is 661. The Balaban J connectivity index is 1.75. The highest BCUT2D eigenvalue weighted by atomic mass is 32.1. The molecule has 0 radical (unpaired) electrons. The lowest BCUT2D eigenvalue weighted by atomic mass is 10.1. The summed E-state index contributed by atoms with van der Waals surface area (Å²) in [6.07, 6.45) is 1.93. The van der Waals surface area contributed by atoms with Gasteiger partial charge in [-0.15, -0.1) is 0 Å². The van der Waals surface area contributed by atoms with Gasteiger partial charge in [0.2, 0.25) is 0 Å². The first-order chi connectivity index (χ1) is 11.7. The maximum atomic E-state index is 5.65. The third-order valence-corrected chi connectivity index (χ3v) is 3.75. The molecular formula is C19H24N2O2S. The molecule has 0 heterocycles. The van der Waals surface area contributed by atoms with E-state index in [2.05, 4.69) is 16.7 Å². The normalized spacial score (nSPS) is 10.1. The molecule has 0 bridgehead atoms. The van der Waals surface area contributed by atoms with Crippen LogP contribution < -0.4 is 20.1 Å². The van der Waals surface area contributed by atoms with Gasteiger partial charge in [0.05, 0.1) is 13.7 Å². The van der Waals surface area contributed by atoms with Crippen LogP contribution in [0.4, 0.5) is 5.69 Å². The summed E-state index contributed by atoms with van der Waals surface area (Å²) in [7, 11) is 1.65. The predicted molar refractivity (Wildman–Crippen MR) is 103 cm³/mol. The SMILES string of the molecule is CCOc1ccccc1CCCNC(=S)Nc1cccc(OC)c1. The number of hydrogen-bond donors (Lipinski definition) is 2. The van der Waals surface area contributed by atoms with Gasteiger partial charge in [0.15, 0.2) is 5.11 Å². The van der Waals surface area contributed by atoms with E-state index in [1.807, 2.05) is 49.4 Å². The Morgan fingerprint density at radius 3 is 2.75 bits per heavy atom. The van der Waals surface area contributed by atoms with E-state index in [4.69, 9.17) is 21.7 Å². The Labute approximate surface area is 149 Å². The number of nitrogens with one attached hydrogen (secondary N) is 2. The summed E-state index contributed by atoms with van der Waals surface area (Å²) in [4.78, 5) is 0. The summed E-state index contributed by atoms with van der Waals surface area (Å²) in [6.45, 7) is 3.49. The molecule has 0 amide bonds. The van der Waals surface area contributed by atoms with Gasteiger partial charge in [0.25, 0.3) is 0 Å². The maximum Gasteiger partial charge on any atom is 0.170 e. The van der Waals surface area contributed by atoms with Gasteiger partial charge in [-0.05, 0) is 55.7 Å². The second-order valence-corrected chi connectivity index (χ2v) is 5.67. The molecule has 0 aliphatic rings. The van der Waals surface area contributed by atoms with Gasteiger partial charge in [-0.3, -0.25) is 0 Å². The summed E-state index contributed by atoms with van der Waals surface area (Å²) < 4.78 is 10.8. The minimum Gasteiger partial charge on any atom is -0.497 e. The molecule has 0 saturated carbocycles. The highest BCUT2D eigenvalue weighted by Gasteiger charge is 2.03. The molecule has 0 unspecified atom stereocenters. The van der Waals surface area contributed by atoms with Gasteiger partial charge in [-0.2, -0.15) is 0 Å². The van der Waals surface area contributed by atoms with Gasteiger partial charge in [-0.1, -0.05) is 24.3 Å². The smallest absolute Gasteiger partial charge is 0.170 e. The first-order valence-electron chi connectivity index (χ1n) is 8.12. The molecule has 0 atom stereocenters. The molecular weight excluding hydrogens is 320 g/mol. The molecule has 5 heteroatoms. The van der Waals surface area contributed by atoms with Gasteiger partial charge < -0.3 is 20.1 Å². The Hall–Kier alpha value is -2.27. The van der Waals surface area contributed by atoms with Crippen molar-refractivity contribution < 1.29 is 9.47 Å². The Morgan fingerprint density at radius 2 is 1.96 bits per heavy atom. The van der Waals surface area contributed by atoms with Crippen molar-refractivity contribution >= 4 is 23.0 Å². The van der Waals surface area contributed by atoms with Crippen molar-refractivity contribution in [3.05, 3.63) is 54.1 Å². The largest absolute Gasteiger partial charge is 0.497 e. The molecule has 0 aliphatic carbocycles. The van der Waals surface area contributed by atoms with Crippen LogP contribution >= 0.6 is 12.2 Å². The zero-order valence-corrected chi connectivity index (χ0v) is 15.0. The van der Waals surface area contributed by atoms with Crippen LogP contribution in [0, 0.1) is 0 Å². The van der Waals surface area contributed by atoms with E-state index in [-0.39, 0.29) is 0 Å². The quantitative estimate of drug-likeness (QED) is 0.559. The molecule has 0 saturated heterocycles. The number of hydrogen-bond acceptors (Lipinski definition) is 3. The molecule has 0 spiro atoms. The molecule has 0 aliphatic heterocycles. The van der Waals surface area contributed by atoms with Crippen molar-refractivity contribution in [1.82, 2.24) is 5.32 Å². The van der Waals surface area contributed by atoms with Crippen molar-refractivity contribution in [2.24, 2.45) is 0 Å². The van der Waals surface area contributed by atoms with Gasteiger partial charge in [-0.25, -0.2) is 0 Å². The number of ether oxygens (including phenoxy) is 2. The van der Waals surface area contributed by atoms with Crippen molar-refractivity contribution in [2.45, 2.75) is 19.8 Å². The number of benzene rings is 2. The minimum atomic E-state index is 0.612. The number of thiocarbonyl (C=S) groups is 1. The Kier molecular flexibility index (Phi) is 7.36. The molecule has 0 aromatic heterocycles. The average molecular weight is 344 g/mol. The molecule has 2 N–H and O–H groups in total. The molecule has 24 heavy (non-hydrogen) atoms. The van der Waals surface area contributed by atoms with E-state index in [0.717, 1.165) is 36.6 Å². The van der Waals surface area contributed by atoms with E-state index < -0.39 is 0 Å². The van der Waals surface area contributed by atoms with Crippen molar-refractivity contribution in [3.63, 3.8) is 0 Å². The van der Waals surface area contributed by atoms with E-state index >= 15 is 0 Å². The van der Waals surface area contributed by atoms with Crippen LogP contribution in [0.1, 0.15) is 18.9 Å². The topological polar surface area (TPSA) is 42.5 Å². The van der Waals surface area contributed by atoms with Crippen LogP contribution in [-0.4, -0.2) is 25.4 Å². The van der Waals surface area contributed by atoms with E-state index in [0.29, 0.717) is 11.7 Å². The van der Waals surface area contributed by atoms with E-state index in [9.17, 15) is 0 Å². The molecule has 2 rings (SSSR count). The van der Waals surface area contributed by atoms with Crippen molar-refractivity contribution in [2.75, 3.05) is 25.6 Å². The second-order valence-electron chi connectivity index (χ2n) is 5.26. The number of methoxy groups -OCH3 is 1. The summed E-state index contributed by atoms with van der Waals surface area (Å²) in [6, 6.07) is 15.9. The summed E-state index contributed by atoms with van der Waals surface area (Å²) in [5.41, 5.74) is 2.14. The first-order valence-corrected chi connectivity index (χ1v) is 8.53. The summed E-state index contributed by atoms with van der Waals surface area (Å²) >= 11 is 5.33. The second kappa shape index (κ2) is 9.78. The zero-order chi connectivity index (χ0) is 17.2. The van der Waals surface area contributed by atoms with Crippen LogP contribution in [0.2, 0.25) is 0 Å². The van der Waals surface area contributed by atoms with Crippen LogP contribution in [0.25, 0.3) is 0 Å². The van der Waals surface area contributed by atoms with Gasteiger partial charge >= 0.3 is 0 Å². The third kappa shape index (κ3) is 5.74. The van der Waals surface area contributed by atoms with Crippen LogP contribution in [0.5, 0.6) is 11.5 Å². The number of aryl methyl sites for hydroxylation is 1. The maximum absolute atomic E-state index is 5.65.